The Morgan fingerprint density at radius 3 is 2.75 bits per heavy atom. The zero-order chi connectivity index (χ0) is 11.6. The van der Waals surface area contributed by atoms with Crippen LogP contribution >= 0.6 is 27.3 Å². The predicted octanol–water partition coefficient (Wildman–Crippen LogP) is 1.92. The largest absolute Gasteiger partial charge is 0.380 e. The molecule has 3 nitrogen and oxygen atoms in total. The second-order valence-corrected chi connectivity index (χ2v) is 7.12. The first kappa shape index (κ1) is 12.5. The van der Waals surface area contributed by atoms with Gasteiger partial charge in [-0.05, 0) is 35.1 Å². The summed E-state index contributed by atoms with van der Waals surface area (Å²) >= 11 is 5.27. The van der Waals surface area contributed by atoms with Crippen LogP contribution in [0.2, 0.25) is 0 Å². The Balaban J connectivity index is 1.86. The molecule has 2 heterocycles. The van der Waals surface area contributed by atoms with Crippen molar-refractivity contribution in [2.45, 2.75) is 6.54 Å². The third-order valence-corrected chi connectivity index (χ3v) is 4.52. The molecule has 0 atom stereocenters. The fourth-order valence-electron chi connectivity index (χ4n) is 2.00. The third kappa shape index (κ3) is 2.84. The highest BCUT2D eigenvalue weighted by Gasteiger charge is 2.38. The molecule has 5 heteroatoms. The highest BCUT2D eigenvalue weighted by atomic mass is 79.9. The Hall–Kier alpha value is 0.0600. The second-order valence-electron chi connectivity index (χ2n) is 4.58. The lowest BCUT2D eigenvalue weighted by Gasteiger charge is -2.42. The number of halogens is 1. The van der Waals surface area contributed by atoms with Gasteiger partial charge in [0.25, 0.3) is 0 Å². The number of hydrogen-bond acceptors (Lipinski definition) is 4. The quantitative estimate of drug-likeness (QED) is 0.903. The SMILES string of the molecule is CN(Cc1ccc(Br)s1)CC1(CN)COC1. The monoisotopic (exact) mass is 304 g/mol. The van der Waals surface area contributed by atoms with E-state index in [0.29, 0.717) is 6.54 Å². The van der Waals surface area contributed by atoms with Gasteiger partial charge in [-0.25, -0.2) is 0 Å². The van der Waals surface area contributed by atoms with E-state index in [2.05, 4.69) is 40.0 Å². The molecule has 1 aliphatic heterocycles. The predicted molar refractivity (Wildman–Crippen MR) is 70.7 cm³/mol. The molecule has 1 fully saturated rings. The van der Waals surface area contributed by atoms with Gasteiger partial charge < -0.3 is 15.4 Å². The fourth-order valence-corrected chi connectivity index (χ4v) is 3.56. The average molecular weight is 305 g/mol. The first-order valence-electron chi connectivity index (χ1n) is 5.34. The summed E-state index contributed by atoms with van der Waals surface area (Å²) in [4.78, 5) is 3.70. The van der Waals surface area contributed by atoms with E-state index in [4.69, 9.17) is 10.5 Å². The molecule has 0 unspecified atom stereocenters. The van der Waals surface area contributed by atoms with E-state index >= 15 is 0 Å². The lowest BCUT2D eigenvalue weighted by molar-refractivity contribution is -0.118. The van der Waals surface area contributed by atoms with E-state index < -0.39 is 0 Å². The lowest BCUT2D eigenvalue weighted by atomic mass is 9.85. The topological polar surface area (TPSA) is 38.5 Å². The van der Waals surface area contributed by atoms with Crippen LogP contribution in [0.25, 0.3) is 0 Å². The van der Waals surface area contributed by atoms with Crippen LogP contribution < -0.4 is 5.73 Å². The van der Waals surface area contributed by atoms with E-state index in [0.717, 1.165) is 26.3 Å². The summed E-state index contributed by atoms with van der Waals surface area (Å²) in [5.74, 6) is 0. The molecule has 1 saturated heterocycles. The Morgan fingerprint density at radius 2 is 2.31 bits per heavy atom. The molecule has 2 rings (SSSR count). The molecule has 16 heavy (non-hydrogen) atoms. The maximum Gasteiger partial charge on any atom is 0.0701 e. The van der Waals surface area contributed by atoms with Crippen molar-refractivity contribution in [2.24, 2.45) is 11.1 Å². The summed E-state index contributed by atoms with van der Waals surface area (Å²) in [6, 6.07) is 4.26. The van der Waals surface area contributed by atoms with Crippen LogP contribution in [0.15, 0.2) is 15.9 Å². The first-order chi connectivity index (χ1) is 7.63. The van der Waals surface area contributed by atoms with Crippen LogP contribution in [0.5, 0.6) is 0 Å². The molecule has 0 bridgehead atoms. The molecule has 0 aliphatic carbocycles. The summed E-state index contributed by atoms with van der Waals surface area (Å²) in [6.45, 7) is 4.33. The normalized spacial score (nSPS) is 18.8. The van der Waals surface area contributed by atoms with Gasteiger partial charge in [0.15, 0.2) is 0 Å². The molecule has 0 saturated carbocycles. The Labute approximate surface area is 109 Å². The van der Waals surface area contributed by atoms with Crippen molar-refractivity contribution in [1.29, 1.82) is 0 Å². The molecular weight excluding hydrogens is 288 g/mol. The number of nitrogens with two attached hydrogens (primary N) is 1. The van der Waals surface area contributed by atoms with Crippen LogP contribution in [0, 0.1) is 5.41 Å². The van der Waals surface area contributed by atoms with Gasteiger partial charge in [0.2, 0.25) is 0 Å². The molecule has 1 aromatic rings. The van der Waals surface area contributed by atoms with Gasteiger partial charge in [-0.3, -0.25) is 0 Å². The summed E-state index contributed by atoms with van der Waals surface area (Å²) in [5, 5.41) is 0. The van der Waals surface area contributed by atoms with Gasteiger partial charge in [0.1, 0.15) is 0 Å². The zero-order valence-electron chi connectivity index (χ0n) is 9.41. The smallest absolute Gasteiger partial charge is 0.0701 e. The zero-order valence-corrected chi connectivity index (χ0v) is 11.8. The van der Waals surface area contributed by atoms with Crippen molar-refractivity contribution in [3.8, 4) is 0 Å². The standard InChI is InChI=1S/C11H17BrN2OS/c1-14(4-9-2-3-10(12)16-9)6-11(5-13)7-15-8-11/h2-3H,4-8,13H2,1H3. The summed E-state index contributed by atoms with van der Waals surface area (Å²) < 4.78 is 6.46. The molecule has 0 radical (unpaired) electrons. The lowest BCUT2D eigenvalue weighted by Crippen LogP contribution is -2.54. The van der Waals surface area contributed by atoms with Gasteiger partial charge in [-0.1, -0.05) is 0 Å². The van der Waals surface area contributed by atoms with Gasteiger partial charge in [-0.15, -0.1) is 11.3 Å². The van der Waals surface area contributed by atoms with Crippen LogP contribution in [-0.4, -0.2) is 38.3 Å². The number of hydrogen-bond donors (Lipinski definition) is 1. The van der Waals surface area contributed by atoms with Crippen molar-refractivity contribution in [3.05, 3.63) is 20.8 Å². The number of ether oxygens (including phenoxy) is 1. The summed E-state index contributed by atoms with van der Waals surface area (Å²) in [7, 11) is 2.14. The third-order valence-electron chi connectivity index (χ3n) is 2.91. The minimum absolute atomic E-state index is 0.198. The average Bonchev–Trinajstić information content (AvgIpc) is 2.57. The van der Waals surface area contributed by atoms with Crippen LogP contribution in [0.1, 0.15) is 4.88 Å². The molecule has 0 aromatic carbocycles. The van der Waals surface area contributed by atoms with Crippen molar-refractivity contribution in [2.75, 3.05) is 33.4 Å². The Morgan fingerprint density at radius 1 is 1.56 bits per heavy atom. The maximum atomic E-state index is 5.80. The molecule has 2 N–H and O–H groups in total. The Bertz CT molecular complexity index is 346. The van der Waals surface area contributed by atoms with Crippen molar-refractivity contribution in [1.82, 2.24) is 4.90 Å². The van der Waals surface area contributed by atoms with E-state index in [1.54, 1.807) is 11.3 Å². The highest BCUT2D eigenvalue weighted by Crippen LogP contribution is 2.28. The van der Waals surface area contributed by atoms with Gasteiger partial charge in [-0.2, -0.15) is 0 Å². The molecule has 1 aliphatic rings. The minimum atomic E-state index is 0.198. The van der Waals surface area contributed by atoms with Gasteiger partial charge >= 0.3 is 0 Å². The first-order valence-corrected chi connectivity index (χ1v) is 6.95. The van der Waals surface area contributed by atoms with Crippen LogP contribution in [0.3, 0.4) is 0 Å². The number of thiophene rings is 1. The maximum absolute atomic E-state index is 5.80. The number of nitrogens with zero attached hydrogens (tertiary/aromatic N) is 1. The van der Waals surface area contributed by atoms with Crippen LogP contribution in [-0.2, 0) is 11.3 Å². The van der Waals surface area contributed by atoms with Crippen molar-refractivity contribution in [3.63, 3.8) is 0 Å². The fraction of sp³-hybridized carbons (Fsp3) is 0.636. The molecule has 0 spiro atoms. The van der Waals surface area contributed by atoms with Crippen LogP contribution in [0.4, 0.5) is 0 Å². The number of rotatable bonds is 5. The van der Waals surface area contributed by atoms with E-state index in [9.17, 15) is 0 Å². The molecular formula is C11H17BrN2OS. The Kier molecular flexibility index (Phi) is 4.02. The summed E-state index contributed by atoms with van der Waals surface area (Å²) in [6.07, 6.45) is 0. The summed E-state index contributed by atoms with van der Waals surface area (Å²) in [5.41, 5.74) is 6.00. The van der Waals surface area contributed by atoms with E-state index in [-0.39, 0.29) is 5.41 Å². The van der Waals surface area contributed by atoms with Gasteiger partial charge in [0, 0.05) is 29.9 Å². The van der Waals surface area contributed by atoms with E-state index in [1.807, 2.05) is 0 Å². The highest BCUT2D eigenvalue weighted by molar-refractivity contribution is 9.11. The van der Waals surface area contributed by atoms with E-state index in [1.165, 1.54) is 8.66 Å². The second kappa shape index (κ2) is 5.14. The minimum Gasteiger partial charge on any atom is -0.380 e. The van der Waals surface area contributed by atoms with Gasteiger partial charge in [0.05, 0.1) is 17.0 Å². The molecule has 1 aromatic heterocycles. The van der Waals surface area contributed by atoms with Crippen molar-refractivity contribution >= 4 is 27.3 Å². The van der Waals surface area contributed by atoms with Crippen molar-refractivity contribution < 1.29 is 4.74 Å². The molecule has 90 valence electrons. The molecule has 0 amide bonds.